The van der Waals surface area contributed by atoms with Crippen LogP contribution >= 0.6 is 28.3 Å². The molecule has 2 saturated heterocycles. The monoisotopic (exact) mass is 862 g/mol. The first kappa shape index (κ1) is 42.5. The maximum atomic E-state index is 13.3. The highest BCUT2D eigenvalue weighted by molar-refractivity contribution is 9.08. The summed E-state index contributed by atoms with van der Waals surface area (Å²) in [5.74, 6) is -2.80. The Labute approximate surface area is 339 Å². The fourth-order valence-electron chi connectivity index (χ4n) is 5.76. The van der Waals surface area contributed by atoms with E-state index in [0.29, 0.717) is 39.0 Å². The number of esters is 1. The van der Waals surface area contributed by atoms with Crippen LogP contribution in [-0.4, -0.2) is 63.7 Å². The molecule has 0 saturated carbocycles. The maximum Gasteiger partial charge on any atom is 0.353 e. The van der Waals surface area contributed by atoms with Crippen LogP contribution in [0.5, 0.6) is 0 Å². The number of benzene rings is 2. The molecule has 6 N–H and O–H groups in total. The van der Waals surface area contributed by atoms with E-state index in [1.54, 1.807) is 36.7 Å². The first-order valence-electron chi connectivity index (χ1n) is 16.8. The van der Waals surface area contributed by atoms with E-state index in [1.165, 1.54) is 53.4 Å². The molecule has 4 aromatic rings. The number of nitrogens with zero attached hydrogens (tertiary/aromatic N) is 3. The van der Waals surface area contributed by atoms with Crippen molar-refractivity contribution in [1.29, 1.82) is 0 Å². The smallest absolute Gasteiger partial charge is 0.353 e. The van der Waals surface area contributed by atoms with Crippen molar-refractivity contribution in [3.8, 4) is 12.5 Å². The number of hydrogen-bond donors (Lipinski definition) is 5. The number of nitrogens with two attached hydrogens (primary N) is 1. The largest absolute Gasteiger partial charge is 0.369 e. The molecule has 0 aliphatic carbocycles. The number of nitrogens with one attached hydrogen (secondary N) is 4. The molecule has 0 spiro atoms. The Bertz CT molecular complexity index is 2200. The van der Waals surface area contributed by atoms with Gasteiger partial charge in [0.15, 0.2) is 11.1 Å². The Hall–Kier alpha value is -6.29. The quantitative estimate of drug-likeness (QED) is 0.0771. The summed E-state index contributed by atoms with van der Waals surface area (Å²) >= 11 is 3.21. The summed E-state index contributed by atoms with van der Waals surface area (Å²) < 4.78 is 40.4. The van der Waals surface area contributed by atoms with Crippen molar-refractivity contribution in [3.63, 3.8) is 0 Å². The zero-order chi connectivity index (χ0) is 41.0. The lowest BCUT2D eigenvalue weighted by Gasteiger charge is -2.31. The molecule has 19 heteroatoms. The van der Waals surface area contributed by atoms with Crippen molar-refractivity contribution in [2.24, 2.45) is 5.73 Å². The van der Waals surface area contributed by atoms with Crippen LogP contribution < -0.4 is 27.0 Å². The van der Waals surface area contributed by atoms with Crippen molar-refractivity contribution < 1.29 is 48.1 Å². The van der Waals surface area contributed by atoms with Gasteiger partial charge < -0.3 is 26.0 Å². The molecule has 56 heavy (non-hydrogen) atoms. The molecule has 0 bridgehead atoms. The van der Waals surface area contributed by atoms with Gasteiger partial charge in [-0.25, -0.2) is 23.2 Å². The Morgan fingerprint density at radius 3 is 1.91 bits per heavy atom. The molecule has 7 amide bonds. The number of alkyl halides is 1. The summed E-state index contributed by atoms with van der Waals surface area (Å²) in [7, 11) is 0. The van der Waals surface area contributed by atoms with Gasteiger partial charge in [0.2, 0.25) is 0 Å². The Kier molecular flexibility index (Phi) is 14.3. The molecule has 7 rings (SSSR count). The number of amides is 7. The van der Waals surface area contributed by atoms with E-state index >= 15 is 0 Å². The van der Waals surface area contributed by atoms with Gasteiger partial charge in [-0.1, -0.05) is 54.0 Å². The Balaban J connectivity index is 0.000000873. The average Bonchev–Trinajstić information content (AvgIpc) is 3.80. The topological polar surface area (TPSA) is 215 Å². The molecule has 2 atom stereocenters. The molecule has 3 aliphatic rings. The zero-order valence-electron chi connectivity index (χ0n) is 30.3. The fraction of sp³-hybridized carbons (Fsp3) is 0.189. The van der Waals surface area contributed by atoms with Crippen LogP contribution in [0, 0.1) is 24.2 Å². The number of fused-ring (bicyclic) bond motifs is 1. The van der Waals surface area contributed by atoms with Crippen molar-refractivity contribution >= 4 is 64.1 Å². The van der Waals surface area contributed by atoms with Gasteiger partial charge in [-0.3, -0.25) is 35.0 Å². The third-order valence-corrected chi connectivity index (χ3v) is 8.96. The number of hydrogen-bond acceptors (Lipinski definition) is 10. The molecule has 15 nitrogen and oxygen atoms in total. The van der Waals surface area contributed by atoms with Crippen LogP contribution in [0.4, 0.5) is 18.4 Å². The zero-order valence-corrected chi connectivity index (χ0v) is 30.7. The second-order valence-electron chi connectivity index (χ2n) is 11.6. The summed E-state index contributed by atoms with van der Waals surface area (Å²) in [5.41, 5.74) is 5.71. The highest BCUT2D eigenvalue weighted by Gasteiger charge is 2.50. The molecule has 3 aliphatic heterocycles. The van der Waals surface area contributed by atoms with Crippen LogP contribution in [0.2, 0.25) is 0 Å². The molecule has 2 aromatic heterocycles. The number of ether oxygens (including phenoxy) is 1. The predicted molar refractivity (Wildman–Crippen MR) is 209 cm³/mol. The molecule has 2 fully saturated rings. The van der Waals surface area contributed by atoms with E-state index in [9.17, 15) is 37.5 Å². The maximum absolute atomic E-state index is 13.3. The first-order valence-corrected chi connectivity index (χ1v) is 16.9. The van der Waals surface area contributed by atoms with E-state index in [-0.39, 0.29) is 48.2 Å². The number of terminal acetylenes is 1. The van der Waals surface area contributed by atoms with Gasteiger partial charge in [0.1, 0.15) is 17.7 Å². The summed E-state index contributed by atoms with van der Waals surface area (Å²) in [4.78, 5) is 80.4. The number of aromatic nitrogens is 2. The Morgan fingerprint density at radius 2 is 1.43 bits per heavy atom. The molecule has 2 unspecified atom stereocenters. The SMILES string of the molecule is C.C#COC(=O)c1cccnc1CBr.Cl.NCC1(c2ccc(F)cc2)NC(=O)NC1=O.O=C1NC(=O)C(CN2Cc3ncccc3C2=O)(c2ccc(F)cc2)N1.[2H][2H].[HH].[HH]. The number of urea groups is 2. The normalized spacial score (nSPS) is 18.9. The molecule has 0 radical (unpaired) electrons. The predicted octanol–water partition coefficient (Wildman–Crippen LogP) is 4.25. The van der Waals surface area contributed by atoms with E-state index in [0.717, 1.165) is 0 Å². The number of pyridine rings is 2. The lowest BCUT2D eigenvalue weighted by atomic mass is 9.89. The van der Waals surface area contributed by atoms with E-state index in [4.69, 9.17) is 15.1 Å². The average molecular weight is 864 g/mol. The van der Waals surface area contributed by atoms with E-state index in [2.05, 4.69) is 51.9 Å². The minimum Gasteiger partial charge on any atom is -0.369 e. The van der Waals surface area contributed by atoms with E-state index < -0.39 is 52.6 Å². The number of halogens is 4. The van der Waals surface area contributed by atoms with Crippen molar-refractivity contribution in [1.82, 2.24) is 36.1 Å². The molecule has 5 heterocycles. The summed E-state index contributed by atoms with van der Waals surface area (Å²) in [6, 6.07) is 15.9. The highest BCUT2D eigenvalue weighted by atomic mass is 79.9. The number of carbonyl (C=O) groups excluding carboxylic acids is 6. The molecular weight excluding hydrogens is 822 g/mol. The molecule has 298 valence electrons. The lowest BCUT2D eigenvalue weighted by molar-refractivity contribution is -0.125. The third kappa shape index (κ3) is 9.14. The van der Waals surface area contributed by atoms with E-state index in [1.807, 2.05) is 6.11 Å². The Morgan fingerprint density at radius 1 is 0.911 bits per heavy atom. The number of imide groups is 2. The molecular formula is C37H40BrClF2N8O7. The van der Waals surface area contributed by atoms with Crippen LogP contribution in [0.1, 0.15) is 56.5 Å². The van der Waals surface area contributed by atoms with Gasteiger partial charge in [-0.05, 0) is 59.7 Å². The van der Waals surface area contributed by atoms with Crippen LogP contribution in [0.25, 0.3) is 0 Å². The number of rotatable bonds is 7. The standard InChI is InChI=1S/C17H13FN4O3.C10H10FN3O2.C9H6BrNO2.CH4.ClH.3H2/c18-11-5-3-10(4-6-11)17(15(24)20-16(25)21-17)9-22-8-13-12(14(22)23)2-1-7-19-13;11-7-3-1-6(2-4-7)10(5-12)8(15)13-9(16)14-10;1-2-13-9(12)7-4-3-5-11-8(7)6-10;;;;;/h1-7H,8-9H2,(H2,20,21,24,25);1-4H,5,12H2,(H2,13,14,15,16);1,3-5H,6H2;1H4;4*1H/i;;;;;1+1D;;. The minimum atomic E-state index is -1.47. The molecule has 2 aromatic carbocycles. The summed E-state index contributed by atoms with van der Waals surface area (Å²) in [6.07, 6.45) is 9.85. The second-order valence-corrected chi connectivity index (χ2v) is 12.2. The van der Waals surface area contributed by atoms with Crippen LogP contribution in [0.3, 0.4) is 0 Å². The second kappa shape index (κ2) is 18.8. The van der Waals surface area contributed by atoms with Crippen molar-refractivity contribution in [3.05, 3.63) is 130 Å². The summed E-state index contributed by atoms with van der Waals surface area (Å²) in [6.45, 7) is 0.0721. The van der Waals surface area contributed by atoms with Crippen LogP contribution in [-0.2, 0) is 37.3 Å². The fourth-order valence-corrected chi connectivity index (χ4v) is 6.20. The van der Waals surface area contributed by atoms with Gasteiger partial charge in [-0.2, -0.15) is 0 Å². The lowest BCUT2D eigenvalue weighted by Crippen LogP contribution is -2.52. The van der Waals surface area contributed by atoms with Gasteiger partial charge >= 0.3 is 18.0 Å². The summed E-state index contributed by atoms with van der Waals surface area (Å²) in [5, 5.41) is 9.84. The van der Waals surface area contributed by atoms with Gasteiger partial charge in [0, 0.05) is 30.1 Å². The first-order chi connectivity index (χ1) is 26.9. The number of carbonyl (C=O) groups is 6. The van der Waals surface area contributed by atoms with Crippen molar-refractivity contribution in [2.75, 3.05) is 13.1 Å². The van der Waals surface area contributed by atoms with Gasteiger partial charge in [-0.15, -0.1) is 12.4 Å². The van der Waals surface area contributed by atoms with Crippen LogP contribution in [0.15, 0.2) is 85.2 Å². The van der Waals surface area contributed by atoms with Crippen molar-refractivity contribution in [2.45, 2.75) is 30.4 Å². The highest BCUT2D eigenvalue weighted by Crippen LogP contribution is 2.30. The minimum absolute atomic E-state index is 0. The van der Waals surface area contributed by atoms with Gasteiger partial charge in [0.25, 0.3) is 17.7 Å². The van der Waals surface area contributed by atoms with Gasteiger partial charge in [0.05, 0.1) is 35.6 Å². The third-order valence-electron chi connectivity index (χ3n) is 8.43.